The zero-order valence-corrected chi connectivity index (χ0v) is 8.77. The molecule has 4 nitrogen and oxygen atoms in total. The summed E-state index contributed by atoms with van der Waals surface area (Å²) in [6.45, 7) is 6.77. The summed E-state index contributed by atoms with van der Waals surface area (Å²) < 4.78 is 0. The van der Waals surface area contributed by atoms with Crippen molar-refractivity contribution in [2.24, 2.45) is 9.98 Å². The first-order chi connectivity index (χ1) is 6.79. The molecule has 0 heterocycles. The van der Waals surface area contributed by atoms with E-state index in [-0.39, 0.29) is 12.1 Å². The van der Waals surface area contributed by atoms with Crippen LogP contribution in [0.25, 0.3) is 0 Å². The normalized spacial score (nSPS) is 15.9. The van der Waals surface area contributed by atoms with Gasteiger partial charge in [0.25, 0.3) is 0 Å². The number of likely N-dealkylation sites (N-methyl/N-ethyl adjacent to an activating group) is 2. The summed E-state index contributed by atoms with van der Waals surface area (Å²) in [4.78, 5) is 7.32. The number of nitrogens with one attached hydrogen (secondary N) is 2. The molecule has 0 spiro atoms. The Labute approximate surface area is 85.5 Å². The van der Waals surface area contributed by atoms with Gasteiger partial charge in [-0.05, 0) is 39.7 Å². The van der Waals surface area contributed by atoms with Crippen LogP contribution in [0.3, 0.4) is 0 Å². The van der Waals surface area contributed by atoms with Crippen LogP contribution in [-0.4, -0.2) is 39.6 Å². The first-order valence-corrected chi connectivity index (χ1v) is 4.39. The summed E-state index contributed by atoms with van der Waals surface area (Å²) in [5.74, 6) is 0. The zero-order chi connectivity index (χ0) is 10.8. The maximum atomic E-state index is 3.66. The molecule has 0 aliphatic rings. The Morgan fingerprint density at radius 3 is 1.50 bits per heavy atom. The lowest BCUT2D eigenvalue weighted by atomic mass is 10.1. The maximum Gasteiger partial charge on any atom is 0.0457 e. The number of aliphatic imine (C=N–C) groups is 2. The third kappa shape index (κ3) is 4.69. The van der Waals surface area contributed by atoms with E-state index in [0.29, 0.717) is 0 Å². The zero-order valence-electron chi connectivity index (χ0n) is 8.77. The van der Waals surface area contributed by atoms with E-state index in [1.807, 2.05) is 26.2 Å². The molecule has 0 saturated heterocycles. The van der Waals surface area contributed by atoms with E-state index in [4.69, 9.17) is 0 Å². The van der Waals surface area contributed by atoms with Crippen molar-refractivity contribution in [1.29, 1.82) is 0 Å². The van der Waals surface area contributed by atoms with Crippen LogP contribution in [0.1, 0.15) is 0 Å². The molecule has 0 saturated carbocycles. The number of nitrogens with zero attached hydrogens (tertiary/aromatic N) is 2. The highest BCUT2D eigenvalue weighted by molar-refractivity contribution is 5.26. The van der Waals surface area contributed by atoms with E-state index in [0.717, 1.165) is 0 Å². The highest BCUT2D eigenvalue weighted by atomic mass is 15.0. The Balaban J connectivity index is 4.42. The Kier molecular flexibility index (Phi) is 7.59. The molecule has 0 aliphatic carbocycles. The second kappa shape index (κ2) is 8.34. The van der Waals surface area contributed by atoms with Crippen molar-refractivity contribution in [3.8, 4) is 0 Å². The van der Waals surface area contributed by atoms with Gasteiger partial charge in [-0.2, -0.15) is 0 Å². The summed E-state index contributed by atoms with van der Waals surface area (Å²) >= 11 is 0. The number of hydrogen-bond acceptors (Lipinski definition) is 4. The molecular formula is C10H18N4. The van der Waals surface area contributed by atoms with Crippen LogP contribution in [0.5, 0.6) is 0 Å². The van der Waals surface area contributed by atoms with Crippen molar-refractivity contribution < 1.29 is 0 Å². The van der Waals surface area contributed by atoms with Gasteiger partial charge in [0, 0.05) is 24.5 Å². The fourth-order valence-electron chi connectivity index (χ4n) is 1.10. The lowest BCUT2D eigenvalue weighted by molar-refractivity contribution is 0.532. The molecule has 2 N–H and O–H groups in total. The van der Waals surface area contributed by atoms with Gasteiger partial charge in [-0.15, -0.1) is 0 Å². The second-order valence-electron chi connectivity index (χ2n) is 2.68. The first-order valence-electron chi connectivity index (χ1n) is 4.39. The fraction of sp³-hybridized carbons (Fsp3) is 0.400. The van der Waals surface area contributed by atoms with Crippen molar-refractivity contribution in [3.63, 3.8) is 0 Å². The van der Waals surface area contributed by atoms with Crippen molar-refractivity contribution in [2.75, 3.05) is 14.1 Å². The summed E-state index contributed by atoms with van der Waals surface area (Å²) in [5.41, 5.74) is 0. The molecule has 0 aromatic carbocycles. The topological polar surface area (TPSA) is 48.8 Å². The summed E-state index contributed by atoms with van der Waals surface area (Å²) in [7, 11) is 3.77. The van der Waals surface area contributed by atoms with E-state index in [2.05, 4.69) is 34.1 Å². The number of rotatable bonds is 7. The predicted octanol–water partition coefficient (Wildman–Crippen LogP) is 0.591. The Hall–Kier alpha value is -1.26. The van der Waals surface area contributed by atoms with E-state index >= 15 is 0 Å². The molecule has 2 unspecified atom stereocenters. The molecule has 0 radical (unpaired) electrons. The van der Waals surface area contributed by atoms with Crippen LogP contribution in [-0.2, 0) is 0 Å². The van der Waals surface area contributed by atoms with Crippen LogP contribution in [0.2, 0.25) is 0 Å². The quantitative estimate of drug-likeness (QED) is 0.583. The van der Waals surface area contributed by atoms with E-state index in [1.165, 1.54) is 0 Å². The smallest absolute Gasteiger partial charge is 0.0457 e. The molecule has 78 valence electrons. The Morgan fingerprint density at radius 2 is 1.29 bits per heavy atom. The molecule has 0 bridgehead atoms. The maximum absolute atomic E-state index is 3.66. The third-order valence-corrected chi connectivity index (χ3v) is 1.85. The van der Waals surface area contributed by atoms with Crippen molar-refractivity contribution in [1.82, 2.24) is 10.6 Å². The molecule has 0 aromatic heterocycles. The van der Waals surface area contributed by atoms with Crippen LogP contribution in [0.15, 0.2) is 34.5 Å². The lowest BCUT2D eigenvalue weighted by Crippen LogP contribution is -2.42. The Bertz CT molecular complexity index is 196. The minimum Gasteiger partial charge on any atom is -0.312 e. The monoisotopic (exact) mass is 194 g/mol. The van der Waals surface area contributed by atoms with Gasteiger partial charge in [-0.3, -0.25) is 9.98 Å². The van der Waals surface area contributed by atoms with Gasteiger partial charge in [0.1, 0.15) is 0 Å². The van der Waals surface area contributed by atoms with Gasteiger partial charge in [0.05, 0.1) is 0 Å². The average Bonchev–Trinajstić information content (AvgIpc) is 2.23. The van der Waals surface area contributed by atoms with E-state index in [1.54, 1.807) is 12.4 Å². The molecule has 14 heavy (non-hydrogen) atoms. The molecular weight excluding hydrogens is 176 g/mol. The molecule has 0 aromatic rings. The van der Waals surface area contributed by atoms with Crippen molar-refractivity contribution in [3.05, 3.63) is 24.6 Å². The lowest BCUT2D eigenvalue weighted by Gasteiger charge is -2.20. The summed E-state index contributed by atoms with van der Waals surface area (Å²) in [5, 5.41) is 6.29. The first kappa shape index (κ1) is 12.7. The van der Waals surface area contributed by atoms with Gasteiger partial charge in [-0.1, -0.05) is 0 Å². The molecule has 0 aliphatic heterocycles. The van der Waals surface area contributed by atoms with Gasteiger partial charge in [-0.25, -0.2) is 0 Å². The van der Waals surface area contributed by atoms with Crippen LogP contribution >= 0.6 is 0 Å². The highest BCUT2D eigenvalue weighted by Crippen LogP contribution is 1.97. The number of hydrogen-bond donors (Lipinski definition) is 2. The third-order valence-electron chi connectivity index (χ3n) is 1.85. The molecule has 4 heteroatoms. The SMILES string of the molecule is C=N/C=C\C(NC)C(/C=C\N=C)NC. The predicted molar refractivity (Wildman–Crippen MR) is 63.1 cm³/mol. The van der Waals surface area contributed by atoms with Gasteiger partial charge < -0.3 is 10.6 Å². The largest absolute Gasteiger partial charge is 0.312 e. The van der Waals surface area contributed by atoms with Gasteiger partial charge in [0.2, 0.25) is 0 Å². The second-order valence-corrected chi connectivity index (χ2v) is 2.68. The van der Waals surface area contributed by atoms with Crippen LogP contribution in [0, 0.1) is 0 Å². The standard InChI is InChI=1S/C10H18N4/c1-11-7-5-9(13-3)10(14-4)6-8-12-2/h5-10,13-14H,1-2H2,3-4H3/b7-5-,8-6-. The highest BCUT2D eigenvalue weighted by Gasteiger charge is 2.11. The molecule has 0 amide bonds. The molecule has 0 fully saturated rings. The Morgan fingerprint density at radius 1 is 0.929 bits per heavy atom. The van der Waals surface area contributed by atoms with Crippen LogP contribution in [0.4, 0.5) is 0 Å². The minimum absolute atomic E-state index is 0.156. The van der Waals surface area contributed by atoms with Gasteiger partial charge in [0.15, 0.2) is 0 Å². The van der Waals surface area contributed by atoms with Gasteiger partial charge >= 0.3 is 0 Å². The van der Waals surface area contributed by atoms with Crippen molar-refractivity contribution >= 4 is 13.4 Å². The fourth-order valence-corrected chi connectivity index (χ4v) is 1.10. The molecule has 2 atom stereocenters. The minimum atomic E-state index is 0.156. The summed E-state index contributed by atoms with van der Waals surface area (Å²) in [6, 6.07) is 0.312. The van der Waals surface area contributed by atoms with Crippen molar-refractivity contribution in [2.45, 2.75) is 12.1 Å². The average molecular weight is 194 g/mol. The summed E-state index contributed by atoms with van der Waals surface area (Å²) in [6.07, 6.45) is 7.20. The van der Waals surface area contributed by atoms with E-state index in [9.17, 15) is 0 Å². The van der Waals surface area contributed by atoms with Crippen LogP contribution < -0.4 is 10.6 Å². The van der Waals surface area contributed by atoms with E-state index < -0.39 is 0 Å². The molecule has 0 rings (SSSR count).